The van der Waals surface area contributed by atoms with Crippen LogP contribution in [0.2, 0.25) is 0 Å². The molecule has 1 heteroatoms. The van der Waals surface area contributed by atoms with Crippen molar-refractivity contribution in [3.8, 4) is 11.1 Å². The third kappa shape index (κ3) is 2.70. The fraction of sp³-hybridized carbons (Fsp3) is 0.250. The van der Waals surface area contributed by atoms with Gasteiger partial charge < -0.3 is 0 Å². The molecule has 0 saturated heterocycles. The number of benzene rings is 2. The second-order valence-electron chi connectivity index (χ2n) is 4.57. The number of rotatable bonds is 3. The molecule has 0 nitrogen and oxygen atoms in total. The summed E-state index contributed by atoms with van der Waals surface area (Å²) in [5.74, 6) is 1.11. The molecule has 0 saturated carbocycles. The maximum atomic E-state index is 5.98. The van der Waals surface area contributed by atoms with E-state index in [0.717, 1.165) is 0 Å². The average molecular weight is 245 g/mol. The Labute approximate surface area is 108 Å². The minimum absolute atomic E-state index is 0.554. The zero-order valence-corrected chi connectivity index (χ0v) is 11.0. The fourth-order valence-corrected chi connectivity index (χ4v) is 2.22. The first-order valence-electron chi connectivity index (χ1n) is 5.96. The Morgan fingerprint density at radius 2 is 1.76 bits per heavy atom. The Balaban J connectivity index is 2.49. The van der Waals surface area contributed by atoms with Gasteiger partial charge in [0.1, 0.15) is 0 Å². The molecule has 17 heavy (non-hydrogen) atoms. The lowest BCUT2D eigenvalue weighted by Crippen LogP contribution is -1.90. The van der Waals surface area contributed by atoms with Gasteiger partial charge in [-0.3, -0.25) is 0 Å². The van der Waals surface area contributed by atoms with E-state index >= 15 is 0 Å². The van der Waals surface area contributed by atoms with E-state index in [4.69, 9.17) is 11.6 Å². The molecule has 0 heterocycles. The average Bonchev–Trinajstić information content (AvgIpc) is 2.39. The summed E-state index contributed by atoms with van der Waals surface area (Å²) in [5.41, 5.74) is 5.05. The Morgan fingerprint density at radius 3 is 2.47 bits per heavy atom. The summed E-state index contributed by atoms with van der Waals surface area (Å²) >= 11 is 5.98. The maximum absolute atomic E-state index is 5.98. The Morgan fingerprint density at radius 1 is 1.00 bits per heavy atom. The molecule has 0 spiro atoms. The van der Waals surface area contributed by atoms with Gasteiger partial charge in [0.2, 0.25) is 0 Å². The van der Waals surface area contributed by atoms with Crippen LogP contribution in [0.1, 0.15) is 30.9 Å². The molecular weight excluding hydrogens is 228 g/mol. The van der Waals surface area contributed by atoms with Gasteiger partial charge in [-0.25, -0.2) is 0 Å². The molecule has 0 bridgehead atoms. The summed E-state index contributed by atoms with van der Waals surface area (Å²) in [4.78, 5) is 0. The summed E-state index contributed by atoms with van der Waals surface area (Å²) in [5, 5.41) is 0. The SMILES string of the molecule is CC(C)c1cccc(-c2ccccc2CCl)c1. The van der Waals surface area contributed by atoms with E-state index < -0.39 is 0 Å². The molecule has 0 N–H and O–H groups in total. The highest BCUT2D eigenvalue weighted by Crippen LogP contribution is 2.27. The Hall–Kier alpha value is -1.27. The molecule has 2 aromatic carbocycles. The van der Waals surface area contributed by atoms with E-state index in [1.165, 1.54) is 22.3 Å². The van der Waals surface area contributed by atoms with E-state index in [2.05, 4.69) is 56.3 Å². The second kappa shape index (κ2) is 5.37. The summed E-state index contributed by atoms with van der Waals surface area (Å²) in [6.07, 6.45) is 0. The van der Waals surface area contributed by atoms with Crippen LogP contribution in [-0.4, -0.2) is 0 Å². The van der Waals surface area contributed by atoms with Crippen molar-refractivity contribution < 1.29 is 0 Å². The monoisotopic (exact) mass is 244 g/mol. The van der Waals surface area contributed by atoms with Gasteiger partial charge in [-0.2, -0.15) is 0 Å². The molecule has 0 atom stereocenters. The highest BCUT2D eigenvalue weighted by molar-refractivity contribution is 6.17. The van der Waals surface area contributed by atoms with Crippen molar-refractivity contribution in [1.82, 2.24) is 0 Å². The van der Waals surface area contributed by atoms with Crippen molar-refractivity contribution in [3.05, 3.63) is 59.7 Å². The molecule has 0 unspecified atom stereocenters. The predicted octanol–water partition coefficient (Wildman–Crippen LogP) is 5.22. The van der Waals surface area contributed by atoms with Gasteiger partial charge in [-0.05, 0) is 28.2 Å². The van der Waals surface area contributed by atoms with Crippen LogP contribution in [-0.2, 0) is 5.88 Å². The lowest BCUT2D eigenvalue weighted by Gasteiger charge is -2.10. The molecule has 2 rings (SSSR count). The second-order valence-corrected chi connectivity index (χ2v) is 4.84. The van der Waals surface area contributed by atoms with Crippen molar-refractivity contribution in [2.75, 3.05) is 0 Å². The lowest BCUT2D eigenvalue weighted by molar-refractivity contribution is 0.867. The largest absolute Gasteiger partial charge is 0.122 e. The summed E-state index contributed by atoms with van der Waals surface area (Å²) < 4.78 is 0. The number of hydrogen-bond acceptors (Lipinski definition) is 0. The predicted molar refractivity (Wildman–Crippen MR) is 75.5 cm³/mol. The van der Waals surface area contributed by atoms with E-state index in [-0.39, 0.29) is 0 Å². The molecule has 0 aliphatic heterocycles. The molecule has 0 amide bonds. The van der Waals surface area contributed by atoms with E-state index in [1.54, 1.807) is 0 Å². The quantitative estimate of drug-likeness (QED) is 0.650. The van der Waals surface area contributed by atoms with Crippen molar-refractivity contribution in [1.29, 1.82) is 0 Å². The molecular formula is C16H17Cl. The van der Waals surface area contributed by atoms with Crippen molar-refractivity contribution in [3.63, 3.8) is 0 Å². The first-order chi connectivity index (χ1) is 8.22. The zero-order valence-electron chi connectivity index (χ0n) is 10.3. The first kappa shape index (κ1) is 12.2. The van der Waals surface area contributed by atoms with E-state index in [1.807, 2.05) is 6.07 Å². The maximum Gasteiger partial charge on any atom is 0.0480 e. The van der Waals surface area contributed by atoms with Crippen LogP contribution in [0.15, 0.2) is 48.5 Å². The van der Waals surface area contributed by atoms with Gasteiger partial charge in [0, 0.05) is 5.88 Å². The van der Waals surface area contributed by atoms with Crippen LogP contribution < -0.4 is 0 Å². The smallest absolute Gasteiger partial charge is 0.0480 e. The van der Waals surface area contributed by atoms with Gasteiger partial charge in [0.15, 0.2) is 0 Å². The Kier molecular flexibility index (Phi) is 3.86. The minimum atomic E-state index is 0.554. The number of halogens is 1. The lowest BCUT2D eigenvalue weighted by atomic mass is 9.95. The minimum Gasteiger partial charge on any atom is -0.122 e. The van der Waals surface area contributed by atoms with Crippen LogP contribution in [0.5, 0.6) is 0 Å². The van der Waals surface area contributed by atoms with Crippen LogP contribution in [0, 0.1) is 0 Å². The van der Waals surface area contributed by atoms with Crippen LogP contribution >= 0.6 is 11.6 Å². The molecule has 0 fully saturated rings. The van der Waals surface area contributed by atoms with Gasteiger partial charge in [-0.1, -0.05) is 62.4 Å². The molecule has 88 valence electrons. The Bertz CT molecular complexity index is 500. The summed E-state index contributed by atoms with van der Waals surface area (Å²) in [6, 6.07) is 17.0. The molecule has 0 aliphatic rings. The standard InChI is InChI=1S/C16H17Cl/c1-12(2)13-7-5-8-14(10-13)16-9-4-3-6-15(16)11-17/h3-10,12H,11H2,1-2H3. The summed E-state index contributed by atoms with van der Waals surface area (Å²) in [7, 11) is 0. The number of alkyl halides is 1. The fourth-order valence-electron chi connectivity index (χ4n) is 1.98. The van der Waals surface area contributed by atoms with Gasteiger partial charge in [0.25, 0.3) is 0 Å². The van der Waals surface area contributed by atoms with E-state index in [0.29, 0.717) is 11.8 Å². The number of hydrogen-bond donors (Lipinski definition) is 0. The van der Waals surface area contributed by atoms with Crippen LogP contribution in [0.25, 0.3) is 11.1 Å². The zero-order chi connectivity index (χ0) is 12.3. The van der Waals surface area contributed by atoms with Crippen molar-refractivity contribution in [2.24, 2.45) is 0 Å². The highest BCUT2D eigenvalue weighted by atomic mass is 35.5. The normalized spacial score (nSPS) is 10.8. The first-order valence-corrected chi connectivity index (χ1v) is 6.50. The molecule has 2 aromatic rings. The summed E-state index contributed by atoms with van der Waals surface area (Å²) in [6.45, 7) is 4.43. The van der Waals surface area contributed by atoms with Crippen LogP contribution in [0.3, 0.4) is 0 Å². The third-order valence-electron chi connectivity index (χ3n) is 3.03. The van der Waals surface area contributed by atoms with Crippen LogP contribution in [0.4, 0.5) is 0 Å². The molecule has 0 aliphatic carbocycles. The highest BCUT2D eigenvalue weighted by Gasteiger charge is 2.05. The topological polar surface area (TPSA) is 0 Å². The molecule has 0 aromatic heterocycles. The van der Waals surface area contributed by atoms with Gasteiger partial charge >= 0.3 is 0 Å². The van der Waals surface area contributed by atoms with Crippen molar-refractivity contribution in [2.45, 2.75) is 25.6 Å². The van der Waals surface area contributed by atoms with Gasteiger partial charge in [0.05, 0.1) is 0 Å². The molecule has 0 radical (unpaired) electrons. The van der Waals surface area contributed by atoms with E-state index in [9.17, 15) is 0 Å². The van der Waals surface area contributed by atoms with Gasteiger partial charge in [-0.15, -0.1) is 11.6 Å². The van der Waals surface area contributed by atoms with Crippen molar-refractivity contribution >= 4 is 11.6 Å². The third-order valence-corrected chi connectivity index (χ3v) is 3.31.